The fourth-order valence-corrected chi connectivity index (χ4v) is 2.76. The van der Waals surface area contributed by atoms with Crippen molar-refractivity contribution in [2.24, 2.45) is 5.92 Å². The fourth-order valence-electron chi connectivity index (χ4n) is 2.76. The molecule has 0 unspecified atom stereocenters. The van der Waals surface area contributed by atoms with Crippen LogP contribution in [0.25, 0.3) is 0 Å². The van der Waals surface area contributed by atoms with Gasteiger partial charge in [0.2, 0.25) is 5.91 Å². The number of rotatable bonds is 4. The van der Waals surface area contributed by atoms with Crippen LogP contribution in [0, 0.1) is 5.92 Å². The van der Waals surface area contributed by atoms with Gasteiger partial charge in [-0.05, 0) is 55.2 Å². The van der Waals surface area contributed by atoms with Crippen molar-refractivity contribution in [3.05, 3.63) is 54.1 Å². The third-order valence-corrected chi connectivity index (χ3v) is 4.30. The summed E-state index contributed by atoms with van der Waals surface area (Å²) in [7, 11) is 0. The summed E-state index contributed by atoms with van der Waals surface area (Å²) in [5.74, 6) is 1.09. The molecule has 1 N–H and O–H groups in total. The highest BCUT2D eigenvalue weighted by Gasteiger charge is 2.27. The molecule has 0 bridgehead atoms. The molecule has 0 saturated heterocycles. The molecular formula is C19H18N2O3. The number of ether oxygens (including phenoxy) is 1. The fraction of sp³-hybridized carbons (Fsp3) is 0.263. The van der Waals surface area contributed by atoms with Gasteiger partial charge in [-0.15, -0.1) is 0 Å². The van der Waals surface area contributed by atoms with E-state index in [0.717, 1.165) is 18.0 Å². The zero-order valence-electron chi connectivity index (χ0n) is 13.2. The molecule has 2 aromatic rings. The van der Waals surface area contributed by atoms with E-state index in [1.165, 1.54) is 17.7 Å². The monoisotopic (exact) mass is 322 g/mol. The van der Waals surface area contributed by atoms with Crippen LogP contribution in [-0.4, -0.2) is 25.0 Å². The van der Waals surface area contributed by atoms with Gasteiger partial charge in [-0.2, -0.15) is 0 Å². The van der Waals surface area contributed by atoms with Crippen molar-refractivity contribution < 1.29 is 14.3 Å². The van der Waals surface area contributed by atoms with Gasteiger partial charge in [0, 0.05) is 5.56 Å². The Hall–Kier alpha value is -2.82. The number of hydrogen-bond donors (Lipinski definition) is 1. The van der Waals surface area contributed by atoms with E-state index in [9.17, 15) is 9.59 Å². The lowest BCUT2D eigenvalue weighted by Gasteiger charge is -2.29. The summed E-state index contributed by atoms with van der Waals surface area (Å²) in [6.45, 7) is 0.767. The summed E-state index contributed by atoms with van der Waals surface area (Å²) in [6.07, 6.45) is 2.49. The summed E-state index contributed by atoms with van der Waals surface area (Å²) in [6, 6.07) is 14.4. The first-order chi connectivity index (χ1) is 11.7. The molecule has 2 amide bonds. The van der Waals surface area contributed by atoms with Crippen molar-refractivity contribution in [3.63, 3.8) is 0 Å². The van der Waals surface area contributed by atoms with E-state index in [4.69, 9.17) is 4.74 Å². The number of carbonyl (C=O) groups excluding carboxylic acids is 2. The van der Waals surface area contributed by atoms with Gasteiger partial charge in [-0.1, -0.05) is 12.1 Å². The zero-order chi connectivity index (χ0) is 16.5. The first-order valence-corrected chi connectivity index (χ1v) is 8.14. The minimum atomic E-state index is -0.189. The van der Waals surface area contributed by atoms with Gasteiger partial charge >= 0.3 is 0 Å². The number of fused-ring (bicyclic) bond motifs is 1. The van der Waals surface area contributed by atoms with Crippen molar-refractivity contribution >= 4 is 23.2 Å². The molecule has 5 heteroatoms. The normalized spacial score (nSPS) is 16.3. The number of nitrogens with zero attached hydrogens (tertiary/aromatic N) is 1. The first-order valence-electron chi connectivity index (χ1n) is 8.14. The molecule has 0 aromatic heterocycles. The maximum Gasteiger partial charge on any atom is 0.258 e. The lowest BCUT2D eigenvalue weighted by Crippen LogP contribution is -2.42. The Balaban J connectivity index is 1.53. The van der Waals surface area contributed by atoms with E-state index in [2.05, 4.69) is 5.32 Å². The standard InChI is InChI=1S/C19H18N2O3/c22-18-11-21(17-4-2-1-3-16(17)20-18)19(23)14-7-9-15(10-8-14)24-12-13-5-6-13/h1-4,7-10,13H,5-6,11-12H2,(H,20,22). The van der Waals surface area contributed by atoms with E-state index in [1.54, 1.807) is 18.2 Å². The Morgan fingerprint density at radius 1 is 1.12 bits per heavy atom. The average molecular weight is 322 g/mol. The van der Waals surface area contributed by atoms with Crippen LogP contribution >= 0.6 is 0 Å². The predicted octanol–water partition coefficient (Wildman–Crippen LogP) is 3.07. The summed E-state index contributed by atoms with van der Waals surface area (Å²) in [5.41, 5.74) is 1.92. The summed E-state index contributed by atoms with van der Waals surface area (Å²) >= 11 is 0. The number of amides is 2. The molecule has 1 saturated carbocycles. The minimum Gasteiger partial charge on any atom is -0.493 e. The Morgan fingerprint density at radius 2 is 1.88 bits per heavy atom. The SMILES string of the molecule is O=C1CN(C(=O)c2ccc(OCC3CC3)cc2)c2ccccc2N1. The molecule has 1 aliphatic heterocycles. The number of benzene rings is 2. The van der Waals surface area contributed by atoms with Crippen molar-refractivity contribution in [2.75, 3.05) is 23.4 Å². The molecule has 0 radical (unpaired) electrons. The highest BCUT2D eigenvalue weighted by molar-refractivity contribution is 6.15. The van der Waals surface area contributed by atoms with Crippen LogP contribution in [0.4, 0.5) is 11.4 Å². The molecule has 1 fully saturated rings. The van der Waals surface area contributed by atoms with E-state index < -0.39 is 0 Å². The quantitative estimate of drug-likeness (QED) is 0.941. The Labute approximate surface area is 140 Å². The smallest absolute Gasteiger partial charge is 0.258 e. The maximum absolute atomic E-state index is 12.8. The molecule has 24 heavy (non-hydrogen) atoms. The van der Waals surface area contributed by atoms with Gasteiger partial charge < -0.3 is 10.1 Å². The lowest BCUT2D eigenvalue weighted by molar-refractivity contribution is -0.115. The van der Waals surface area contributed by atoms with Crippen molar-refractivity contribution in [2.45, 2.75) is 12.8 Å². The molecule has 122 valence electrons. The van der Waals surface area contributed by atoms with Gasteiger partial charge in [-0.3, -0.25) is 14.5 Å². The van der Waals surface area contributed by atoms with Crippen LogP contribution in [0.1, 0.15) is 23.2 Å². The van der Waals surface area contributed by atoms with E-state index in [0.29, 0.717) is 17.2 Å². The molecule has 1 heterocycles. The van der Waals surface area contributed by atoms with Gasteiger partial charge in [0.15, 0.2) is 0 Å². The van der Waals surface area contributed by atoms with Gasteiger partial charge in [0.25, 0.3) is 5.91 Å². The highest BCUT2D eigenvalue weighted by atomic mass is 16.5. The molecule has 1 aliphatic carbocycles. The number of nitrogens with one attached hydrogen (secondary N) is 1. The van der Waals surface area contributed by atoms with E-state index >= 15 is 0 Å². The van der Waals surface area contributed by atoms with Crippen molar-refractivity contribution in [1.29, 1.82) is 0 Å². The number of hydrogen-bond acceptors (Lipinski definition) is 3. The van der Waals surface area contributed by atoms with Crippen LogP contribution in [-0.2, 0) is 4.79 Å². The Kier molecular flexibility index (Phi) is 3.69. The Morgan fingerprint density at radius 3 is 2.62 bits per heavy atom. The second kappa shape index (κ2) is 6.00. The maximum atomic E-state index is 12.8. The van der Waals surface area contributed by atoms with Crippen LogP contribution < -0.4 is 15.0 Å². The molecule has 2 aliphatic rings. The van der Waals surface area contributed by atoms with Gasteiger partial charge in [-0.25, -0.2) is 0 Å². The van der Waals surface area contributed by atoms with Gasteiger partial charge in [0.05, 0.1) is 18.0 Å². The van der Waals surface area contributed by atoms with Crippen LogP contribution in [0.5, 0.6) is 5.75 Å². The van der Waals surface area contributed by atoms with Crippen LogP contribution in [0.15, 0.2) is 48.5 Å². The highest BCUT2D eigenvalue weighted by Crippen LogP contribution is 2.31. The third kappa shape index (κ3) is 2.97. The van der Waals surface area contributed by atoms with Crippen LogP contribution in [0.3, 0.4) is 0 Å². The molecule has 0 spiro atoms. The minimum absolute atomic E-state index is 0.0236. The second-order valence-corrected chi connectivity index (χ2v) is 6.24. The molecular weight excluding hydrogens is 304 g/mol. The number of carbonyl (C=O) groups is 2. The van der Waals surface area contributed by atoms with Crippen molar-refractivity contribution in [1.82, 2.24) is 0 Å². The van der Waals surface area contributed by atoms with Gasteiger partial charge in [0.1, 0.15) is 12.3 Å². The largest absolute Gasteiger partial charge is 0.493 e. The summed E-state index contributed by atoms with van der Waals surface area (Å²) in [4.78, 5) is 26.2. The molecule has 0 atom stereocenters. The third-order valence-electron chi connectivity index (χ3n) is 4.30. The molecule has 5 nitrogen and oxygen atoms in total. The Bertz CT molecular complexity index is 781. The molecule has 4 rings (SSSR count). The summed E-state index contributed by atoms with van der Waals surface area (Å²) < 4.78 is 5.69. The summed E-state index contributed by atoms with van der Waals surface area (Å²) in [5, 5.41) is 2.79. The predicted molar refractivity (Wildman–Crippen MR) is 91.4 cm³/mol. The zero-order valence-corrected chi connectivity index (χ0v) is 13.2. The second-order valence-electron chi connectivity index (χ2n) is 6.24. The van der Waals surface area contributed by atoms with Crippen LogP contribution in [0.2, 0.25) is 0 Å². The first kappa shape index (κ1) is 14.8. The molecule has 2 aromatic carbocycles. The van der Waals surface area contributed by atoms with E-state index in [-0.39, 0.29) is 18.4 Å². The van der Waals surface area contributed by atoms with Crippen molar-refractivity contribution in [3.8, 4) is 5.75 Å². The lowest BCUT2D eigenvalue weighted by atomic mass is 10.1. The topological polar surface area (TPSA) is 58.6 Å². The number of para-hydroxylation sites is 2. The average Bonchev–Trinajstić information content (AvgIpc) is 3.43. The number of anilines is 2. The van der Waals surface area contributed by atoms with E-state index in [1.807, 2.05) is 30.3 Å².